The molecule has 148 valence electrons. The third kappa shape index (κ3) is 7.20. The van der Waals surface area contributed by atoms with Crippen LogP contribution in [0, 0.1) is 0 Å². The summed E-state index contributed by atoms with van der Waals surface area (Å²) >= 11 is 0. The van der Waals surface area contributed by atoms with Gasteiger partial charge in [-0.2, -0.15) is 0 Å². The molecule has 2 N–H and O–H groups in total. The van der Waals surface area contributed by atoms with Crippen LogP contribution in [0.4, 0.5) is 5.69 Å². The number of carbonyl (C=O) groups excluding carboxylic acids is 1. The fraction of sp³-hybridized carbons (Fsp3) is 0.375. The van der Waals surface area contributed by atoms with Gasteiger partial charge in [-0.3, -0.25) is 4.79 Å². The van der Waals surface area contributed by atoms with Crippen LogP contribution in [0.1, 0.15) is 44.1 Å². The molecule has 0 saturated heterocycles. The maximum absolute atomic E-state index is 12.1. The molecule has 1 aliphatic carbocycles. The van der Waals surface area contributed by atoms with Crippen molar-refractivity contribution in [3.63, 3.8) is 0 Å². The Labute approximate surface area is 168 Å². The van der Waals surface area contributed by atoms with Crippen LogP contribution in [-0.2, 0) is 11.4 Å². The van der Waals surface area contributed by atoms with Crippen LogP contribution in [0.25, 0.3) is 0 Å². The molecule has 1 amide bonds. The monoisotopic (exact) mass is 378 g/mol. The first-order valence-electron chi connectivity index (χ1n) is 10.2. The number of allylic oxidation sites excluding steroid dienone is 1. The van der Waals surface area contributed by atoms with Crippen molar-refractivity contribution in [2.75, 3.05) is 18.4 Å². The number of carbonyl (C=O) groups is 1. The van der Waals surface area contributed by atoms with Gasteiger partial charge in [0.2, 0.25) is 5.91 Å². The summed E-state index contributed by atoms with van der Waals surface area (Å²) < 4.78 is 5.77. The molecule has 3 rings (SSSR count). The highest BCUT2D eigenvalue weighted by Crippen LogP contribution is 2.19. The maximum Gasteiger partial charge on any atom is 0.225 e. The highest BCUT2D eigenvalue weighted by molar-refractivity contribution is 5.90. The summed E-state index contributed by atoms with van der Waals surface area (Å²) in [6, 6.07) is 17.6. The lowest BCUT2D eigenvalue weighted by Gasteiger charge is -2.13. The van der Waals surface area contributed by atoms with Crippen LogP contribution in [-0.4, -0.2) is 19.0 Å². The second kappa shape index (κ2) is 11.3. The molecule has 4 nitrogen and oxygen atoms in total. The Balaban J connectivity index is 1.31. The van der Waals surface area contributed by atoms with Gasteiger partial charge in [0.1, 0.15) is 12.4 Å². The molecule has 0 heterocycles. The lowest BCUT2D eigenvalue weighted by Crippen LogP contribution is -2.23. The zero-order chi connectivity index (χ0) is 19.4. The minimum Gasteiger partial charge on any atom is -0.489 e. The van der Waals surface area contributed by atoms with Crippen LogP contribution in [0.5, 0.6) is 5.75 Å². The van der Waals surface area contributed by atoms with E-state index in [2.05, 4.69) is 16.7 Å². The SMILES string of the molecule is O=C(CCNCCC1=CCCCC1)Nc1ccc(OCc2ccccc2)cc1. The topological polar surface area (TPSA) is 50.4 Å². The Morgan fingerprint density at radius 3 is 2.54 bits per heavy atom. The molecular formula is C24H30N2O2. The van der Waals surface area contributed by atoms with Gasteiger partial charge >= 0.3 is 0 Å². The zero-order valence-corrected chi connectivity index (χ0v) is 16.5. The molecule has 0 fully saturated rings. The third-order valence-electron chi connectivity index (χ3n) is 4.92. The van der Waals surface area contributed by atoms with Gasteiger partial charge in [0.25, 0.3) is 0 Å². The summed E-state index contributed by atoms with van der Waals surface area (Å²) in [7, 11) is 0. The quantitative estimate of drug-likeness (QED) is 0.448. The van der Waals surface area contributed by atoms with Gasteiger partial charge in [0.15, 0.2) is 0 Å². The lowest BCUT2D eigenvalue weighted by atomic mass is 9.97. The van der Waals surface area contributed by atoms with E-state index in [4.69, 9.17) is 4.74 Å². The van der Waals surface area contributed by atoms with Gasteiger partial charge in [0.05, 0.1) is 0 Å². The standard InChI is InChI=1S/C24H30N2O2/c27-24(16-18-25-17-15-20-7-3-1-4-8-20)26-22-11-13-23(14-12-22)28-19-21-9-5-2-6-10-21/h2,5-7,9-14,25H,1,3-4,8,15-19H2,(H,26,27). The molecule has 28 heavy (non-hydrogen) atoms. The summed E-state index contributed by atoms with van der Waals surface area (Å²) in [6.45, 7) is 2.19. The average molecular weight is 379 g/mol. The van der Waals surface area contributed by atoms with Crippen LogP contribution in [0.15, 0.2) is 66.2 Å². The Morgan fingerprint density at radius 1 is 0.964 bits per heavy atom. The number of anilines is 1. The van der Waals surface area contributed by atoms with E-state index in [-0.39, 0.29) is 5.91 Å². The van der Waals surface area contributed by atoms with Crippen molar-refractivity contribution in [1.29, 1.82) is 0 Å². The summed E-state index contributed by atoms with van der Waals surface area (Å²) in [6.07, 6.45) is 9.09. The smallest absolute Gasteiger partial charge is 0.225 e. The Hall–Kier alpha value is -2.59. The van der Waals surface area contributed by atoms with Gasteiger partial charge in [-0.05, 0) is 68.5 Å². The molecule has 0 spiro atoms. The van der Waals surface area contributed by atoms with E-state index >= 15 is 0 Å². The third-order valence-corrected chi connectivity index (χ3v) is 4.92. The Kier molecular flexibility index (Phi) is 8.13. The van der Waals surface area contributed by atoms with Crippen molar-refractivity contribution < 1.29 is 9.53 Å². The second-order valence-corrected chi connectivity index (χ2v) is 7.20. The number of nitrogens with one attached hydrogen (secondary N) is 2. The highest BCUT2D eigenvalue weighted by Gasteiger charge is 2.05. The van der Waals surface area contributed by atoms with E-state index in [1.54, 1.807) is 5.57 Å². The van der Waals surface area contributed by atoms with Crippen LogP contribution in [0.2, 0.25) is 0 Å². The summed E-state index contributed by atoms with van der Waals surface area (Å²) in [5, 5.41) is 6.31. The molecule has 0 radical (unpaired) electrons. The van der Waals surface area contributed by atoms with Crippen molar-refractivity contribution in [1.82, 2.24) is 5.32 Å². The first-order chi connectivity index (χ1) is 13.8. The normalized spacial score (nSPS) is 13.6. The largest absolute Gasteiger partial charge is 0.489 e. The van der Waals surface area contributed by atoms with E-state index < -0.39 is 0 Å². The first kappa shape index (κ1) is 20.2. The summed E-state index contributed by atoms with van der Waals surface area (Å²) in [4.78, 5) is 12.1. The second-order valence-electron chi connectivity index (χ2n) is 7.20. The van der Waals surface area contributed by atoms with E-state index in [9.17, 15) is 4.79 Å². The first-order valence-corrected chi connectivity index (χ1v) is 10.2. The minimum atomic E-state index is 0.0299. The van der Waals surface area contributed by atoms with E-state index in [1.165, 1.54) is 25.7 Å². The van der Waals surface area contributed by atoms with Crippen LogP contribution >= 0.6 is 0 Å². The summed E-state index contributed by atoms with van der Waals surface area (Å²) in [5.74, 6) is 0.822. The van der Waals surface area contributed by atoms with E-state index in [0.29, 0.717) is 19.6 Å². The number of hydrogen-bond acceptors (Lipinski definition) is 3. The molecule has 0 unspecified atom stereocenters. The number of ether oxygens (including phenoxy) is 1. The minimum absolute atomic E-state index is 0.0299. The molecule has 0 aromatic heterocycles. The van der Waals surface area contributed by atoms with Crippen molar-refractivity contribution in [2.24, 2.45) is 0 Å². The maximum atomic E-state index is 12.1. The fourth-order valence-electron chi connectivity index (χ4n) is 3.31. The fourth-order valence-corrected chi connectivity index (χ4v) is 3.31. The molecule has 2 aromatic rings. The Bertz CT molecular complexity index is 754. The molecule has 1 aliphatic rings. The van der Waals surface area contributed by atoms with Gasteiger partial charge in [-0.15, -0.1) is 0 Å². The highest BCUT2D eigenvalue weighted by atomic mass is 16.5. The Morgan fingerprint density at radius 2 is 1.79 bits per heavy atom. The van der Waals surface area contributed by atoms with Crippen molar-refractivity contribution in [3.8, 4) is 5.75 Å². The number of amides is 1. The van der Waals surface area contributed by atoms with Crippen molar-refractivity contribution >= 4 is 11.6 Å². The zero-order valence-electron chi connectivity index (χ0n) is 16.5. The van der Waals surface area contributed by atoms with Gasteiger partial charge in [-0.25, -0.2) is 0 Å². The van der Waals surface area contributed by atoms with Gasteiger partial charge in [-0.1, -0.05) is 42.0 Å². The predicted molar refractivity (Wildman–Crippen MR) is 115 cm³/mol. The van der Waals surface area contributed by atoms with Crippen LogP contribution < -0.4 is 15.4 Å². The van der Waals surface area contributed by atoms with Crippen molar-refractivity contribution in [3.05, 3.63) is 71.8 Å². The molecule has 0 saturated carbocycles. The molecular weight excluding hydrogens is 348 g/mol. The lowest BCUT2D eigenvalue weighted by molar-refractivity contribution is -0.116. The summed E-state index contributed by atoms with van der Waals surface area (Å²) in [5.41, 5.74) is 3.49. The molecule has 0 bridgehead atoms. The molecule has 4 heteroatoms. The van der Waals surface area contributed by atoms with E-state index in [0.717, 1.165) is 30.0 Å². The van der Waals surface area contributed by atoms with Crippen LogP contribution in [0.3, 0.4) is 0 Å². The molecule has 0 aliphatic heterocycles. The number of rotatable bonds is 10. The number of benzene rings is 2. The van der Waals surface area contributed by atoms with Gasteiger partial charge in [0, 0.05) is 18.7 Å². The molecule has 2 aromatic carbocycles. The van der Waals surface area contributed by atoms with Crippen molar-refractivity contribution in [2.45, 2.75) is 45.1 Å². The van der Waals surface area contributed by atoms with E-state index in [1.807, 2.05) is 54.6 Å². The molecule has 0 atom stereocenters. The average Bonchev–Trinajstić information content (AvgIpc) is 2.74. The number of hydrogen-bond donors (Lipinski definition) is 2. The predicted octanol–water partition coefficient (Wildman–Crippen LogP) is 5.07. The van der Waals surface area contributed by atoms with Gasteiger partial charge < -0.3 is 15.4 Å².